The van der Waals surface area contributed by atoms with Gasteiger partial charge in [-0.1, -0.05) is 11.6 Å². The minimum absolute atomic E-state index is 0.0336. The van der Waals surface area contributed by atoms with Crippen LogP contribution in [0.15, 0.2) is 23.1 Å². The van der Waals surface area contributed by atoms with Gasteiger partial charge >= 0.3 is 0 Å². The number of aliphatic hydroxyl groups is 1. The van der Waals surface area contributed by atoms with Crippen LogP contribution in [0.4, 0.5) is 0 Å². The van der Waals surface area contributed by atoms with E-state index in [1.807, 2.05) is 6.07 Å². The molecule has 0 amide bonds. The molecule has 0 heterocycles. The molecule has 0 bridgehead atoms. The molecule has 0 fully saturated rings. The Morgan fingerprint density at radius 1 is 1.57 bits per heavy atom. The van der Waals surface area contributed by atoms with Crippen molar-refractivity contribution >= 4 is 29.1 Å². The standard InChI is InChI=1S/C10H11ClO2S/c1-7(13)9-3-2-8(6-10(9)11)14-5-4-12/h2-3,6,12H,4-5H2,1H3. The average molecular weight is 231 g/mol. The normalized spacial score (nSPS) is 10.2. The number of rotatable bonds is 4. The molecule has 0 spiro atoms. The zero-order valence-electron chi connectivity index (χ0n) is 7.79. The average Bonchev–Trinajstić information content (AvgIpc) is 2.14. The van der Waals surface area contributed by atoms with E-state index in [4.69, 9.17) is 16.7 Å². The van der Waals surface area contributed by atoms with Gasteiger partial charge < -0.3 is 5.11 Å². The predicted octanol–water partition coefficient (Wildman–Crippen LogP) is 2.63. The summed E-state index contributed by atoms with van der Waals surface area (Å²) in [5.74, 6) is 0.601. The lowest BCUT2D eigenvalue weighted by Gasteiger charge is -2.03. The highest BCUT2D eigenvalue weighted by molar-refractivity contribution is 7.99. The number of Topliss-reactive ketones (excluding diaryl/α,β-unsaturated/α-hetero) is 1. The van der Waals surface area contributed by atoms with E-state index in [0.717, 1.165) is 4.90 Å². The molecule has 0 aliphatic rings. The van der Waals surface area contributed by atoms with Gasteiger partial charge in [0.2, 0.25) is 0 Å². The summed E-state index contributed by atoms with van der Waals surface area (Å²) in [6.07, 6.45) is 0. The lowest BCUT2D eigenvalue weighted by Crippen LogP contribution is -1.93. The number of hydrogen-bond acceptors (Lipinski definition) is 3. The van der Waals surface area contributed by atoms with Crippen molar-refractivity contribution in [1.29, 1.82) is 0 Å². The van der Waals surface area contributed by atoms with Gasteiger partial charge in [0.1, 0.15) is 0 Å². The summed E-state index contributed by atoms with van der Waals surface area (Å²) in [6.45, 7) is 1.62. The molecule has 0 aliphatic heterocycles. The molecule has 14 heavy (non-hydrogen) atoms. The van der Waals surface area contributed by atoms with Crippen LogP contribution in [0, 0.1) is 0 Å². The molecule has 0 aliphatic carbocycles. The van der Waals surface area contributed by atoms with E-state index in [1.165, 1.54) is 18.7 Å². The second kappa shape index (κ2) is 5.39. The molecule has 1 aromatic rings. The Labute approximate surface area is 92.3 Å². The van der Waals surface area contributed by atoms with Crippen LogP contribution in [0.25, 0.3) is 0 Å². The topological polar surface area (TPSA) is 37.3 Å². The lowest BCUT2D eigenvalue weighted by atomic mass is 10.1. The fourth-order valence-electron chi connectivity index (χ4n) is 1.03. The first-order valence-electron chi connectivity index (χ1n) is 4.19. The van der Waals surface area contributed by atoms with Gasteiger partial charge in [0.15, 0.2) is 5.78 Å². The van der Waals surface area contributed by atoms with Crippen molar-refractivity contribution in [3.63, 3.8) is 0 Å². The first-order valence-corrected chi connectivity index (χ1v) is 5.55. The van der Waals surface area contributed by atoms with Crippen molar-refractivity contribution in [3.8, 4) is 0 Å². The monoisotopic (exact) mass is 230 g/mol. The molecule has 0 atom stereocenters. The molecule has 76 valence electrons. The molecule has 0 saturated heterocycles. The van der Waals surface area contributed by atoms with Crippen LogP contribution >= 0.6 is 23.4 Å². The Balaban J connectivity index is 2.83. The third-order valence-corrected chi connectivity index (χ3v) is 2.97. The molecule has 0 saturated carbocycles. The zero-order chi connectivity index (χ0) is 10.6. The van der Waals surface area contributed by atoms with Gasteiger partial charge in [0.25, 0.3) is 0 Å². The van der Waals surface area contributed by atoms with Gasteiger partial charge in [0.05, 0.1) is 11.6 Å². The van der Waals surface area contributed by atoms with Crippen molar-refractivity contribution in [2.24, 2.45) is 0 Å². The molecule has 1 N–H and O–H groups in total. The van der Waals surface area contributed by atoms with Gasteiger partial charge in [-0.3, -0.25) is 4.79 Å². The van der Waals surface area contributed by atoms with Crippen LogP contribution in [-0.4, -0.2) is 23.2 Å². The first-order chi connectivity index (χ1) is 6.65. The number of benzene rings is 1. The Morgan fingerprint density at radius 3 is 2.79 bits per heavy atom. The molecular weight excluding hydrogens is 220 g/mol. The molecule has 0 unspecified atom stereocenters. The Hall–Kier alpha value is -0.510. The molecular formula is C10H11ClO2S. The van der Waals surface area contributed by atoms with E-state index in [1.54, 1.807) is 12.1 Å². The number of ketones is 1. The summed E-state index contributed by atoms with van der Waals surface area (Å²) in [5.41, 5.74) is 0.542. The van der Waals surface area contributed by atoms with E-state index in [2.05, 4.69) is 0 Å². The van der Waals surface area contributed by atoms with Gasteiger partial charge in [-0.05, 0) is 25.1 Å². The number of carbonyl (C=O) groups excluding carboxylic acids is 1. The molecule has 0 aromatic heterocycles. The number of aliphatic hydroxyl groups excluding tert-OH is 1. The van der Waals surface area contributed by atoms with Crippen molar-refractivity contribution in [2.75, 3.05) is 12.4 Å². The maximum Gasteiger partial charge on any atom is 0.161 e. The van der Waals surface area contributed by atoms with Crippen LogP contribution in [0.1, 0.15) is 17.3 Å². The summed E-state index contributed by atoms with van der Waals surface area (Å²) in [6, 6.07) is 5.30. The molecule has 1 rings (SSSR count). The minimum Gasteiger partial charge on any atom is -0.396 e. The summed E-state index contributed by atoms with van der Waals surface area (Å²) in [4.78, 5) is 12.0. The van der Waals surface area contributed by atoms with Crippen molar-refractivity contribution in [3.05, 3.63) is 28.8 Å². The predicted molar refractivity (Wildman–Crippen MR) is 59.3 cm³/mol. The first kappa shape index (κ1) is 11.6. The largest absolute Gasteiger partial charge is 0.396 e. The highest BCUT2D eigenvalue weighted by atomic mass is 35.5. The highest BCUT2D eigenvalue weighted by Gasteiger charge is 2.05. The fraction of sp³-hybridized carbons (Fsp3) is 0.300. The number of halogens is 1. The summed E-state index contributed by atoms with van der Waals surface area (Å²) >= 11 is 7.42. The molecule has 1 aromatic carbocycles. The minimum atomic E-state index is -0.0336. The van der Waals surface area contributed by atoms with Crippen LogP contribution in [0.3, 0.4) is 0 Å². The third kappa shape index (κ3) is 3.01. The Morgan fingerprint density at radius 2 is 2.29 bits per heavy atom. The van der Waals surface area contributed by atoms with Gasteiger partial charge in [-0.2, -0.15) is 0 Å². The van der Waals surface area contributed by atoms with Crippen LogP contribution in [-0.2, 0) is 0 Å². The third-order valence-electron chi connectivity index (χ3n) is 1.68. The number of carbonyl (C=O) groups is 1. The van der Waals surface area contributed by atoms with E-state index >= 15 is 0 Å². The molecule has 2 nitrogen and oxygen atoms in total. The van der Waals surface area contributed by atoms with E-state index < -0.39 is 0 Å². The number of hydrogen-bond donors (Lipinski definition) is 1. The maximum atomic E-state index is 11.1. The van der Waals surface area contributed by atoms with Crippen LogP contribution in [0.5, 0.6) is 0 Å². The summed E-state index contributed by atoms with van der Waals surface area (Å²) in [5, 5.41) is 9.10. The van der Waals surface area contributed by atoms with E-state index in [0.29, 0.717) is 16.3 Å². The quantitative estimate of drug-likeness (QED) is 0.638. The molecule has 0 radical (unpaired) electrons. The second-order valence-corrected chi connectivity index (χ2v) is 4.35. The number of thioether (sulfide) groups is 1. The summed E-state index contributed by atoms with van der Waals surface area (Å²) in [7, 11) is 0. The fourth-order valence-corrected chi connectivity index (χ4v) is 2.11. The Bertz CT molecular complexity index is 339. The van der Waals surface area contributed by atoms with Crippen molar-refractivity contribution in [1.82, 2.24) is 0 Å². The molecule has 4 heteroatoms. The van der Waals surface area contributed by atoms with Crippen LogP contribution in [0.2, 0.25) is 5.02 Å². The van der Waals surface area contributed by atoms with Gasteiger partial charge in [-0.15, -0.1) is 11.8 Å². The second-order valence-electron chi connectivity index (χ2n) is 2.77. The van der Waals surface area contributed by atoms with Crippen LogP contribution < -0.4 is 0 Å². The lowest BCUT2D eigenvalue weighted by molar-refractivity contribution is 0.101. The maximum absolute atomic E-state index is 11.1. The van der Waals surface area contributed by atoms with E-state index in [-0.39, 0.29) is 12.4 Å². The Kier molecular flexibility index (Phi) is 4.45. The SMILES string of the molecule is CC(=O)c1ccc(SCCO)cc1Cl. The summed E-state index contributed by atoms with van der Waals surface area (Å²) < 4.78 is 0. The van der Waals surface area contributed by atoms with E-state index in [9.17, 15) is 4.79 Å². The van der Waals surface area contributed by atoms with Gasteiger partial charge in [0, 0.05) is 16.2 Å². The zero-order valence-corrected chi connectivity index (χ0v) is 9.36. The van der Waals surface area contributed by atoms with Crippen molar-refractivity contribution in [2.45, 2.75) is 11.8 Å². The highest BCUT2D eigenvalue weighted by Crippen LogP contribution is 2.24. The smallest absolute Gasteiger partial charge is 0.161 e. The van der Waals surface area contributed by atoms with Crippen molar-refractivity contribution < 1.29 is 9.90 Å². The van der Waals surface area contributed by atoms with Gasteiger partial charge in [-0.25, -0.2) is 0 Å².